The highest BCUT2D eigenvalue weighted by atomic mass is 31.2. The lowest BCUT2D eigenvalue weighted by Crippen LogP contribution is -2.67. The lowest BCUT2D eigenvalue weighted by molar-refractivity contribution is -0.289. The van der Waals surface area contributed by atoms with Gasteiger partial charge in [0, 0.05) is 19.5 Å². The van der Waals surface area contributed by atoms with Crippen molar-refractivity contribution in [3.05, 3.63) is 22.7 Å². The number of carboxylic acid groups (broad SMARTS) is 1. The van der Waals surface area contributed by atoms with Crippen LogP contribution in [0.4, 0.5) is 5.82 Å². The number of aliphatic hydroxyl groups excluding tert-OH is 6. The number of aromatic nitrogens is 2. The van der Waals surface area contributed by atoms with E-state index in [2.05, 4.69) is 10.3 Å². The molecule has 0 spiro atoms. The first-order valence-electron chi connectivity index (χ1n) is 11.9. The minimum Gasteiger partial charge on any atom is -0.477 e. The zero-order valence-corrected chi connectivity index (χ0v) is 22.1. The maximum atomic E-state index is 12.8. The molecule has 1 amide bonds. The van der Waals surface area contributed by atoms with Crippen molar-refractivity contribution >= 4 is 25.5 Å². The second-order valence-corrected chi connectivity index (χ2v) is 10.7. The number of carboxylic acids is 1. The zero-order chi connectivity index (χ0) is 30.9. The number of nitrogen functional groups attached to an aromatic ring is 1. The fraction of sp³-hybridized carbons (Fsp3) is 0.700. The van der Waals surface area contributed by atoms with E-state index in [1.165, 1.54) is 6.07 Å². The van der Waals surface area contributed by atoms with E-state index in [1.54, 1.807) is 0 Å². The van der Waals surface area contributed by atoms with Gasteiger partial charge in [-0.1, -0.05) is 0 Å². The summed E-state index contributed by atoms with van der Waals surface area (Å²) in [6.07, 6.45) is -14.6. The second kappa shape index (κ2) is 12.7. The standard InChI is InChI=1S/C20H31N4O16P/c1-7(26)22-12-8(27)4-20(18(32)33,39-16(12)13(29)9(28)5-25)40-41(35,36)37-6-10-14(30)15(31)17(38-10)24-3-2-11(21)23-19(24)34/h2-3,8-10,12-17,25,27-31H,4-6H2,1H3,(H,22,26)(H,32,33)(H,35,36)(H2,21,23,34)/t8-,9+,10+,12+,13+,14+,15+,16+,17+,20+/m0/s1/i4+1. The smallest absolute Gasteiger partial charge is 0.475 e. The topological polar surface area (TPSA) is 323 Å². The highest BCUT2D eigenvalue weighted by Crippen LogP contribution is 2.51. The molecule has 21 heteroatoms. The molecular formula is C20H31N4O16P. The summed E-state index contributed by atoms with van der Waals surface area (Å²) in [7, 11) is -5.52. The van der Waals surface area contributed by atoms with Gasteiger partial charge in [0.25, 0.3) is 5.79 Å². The molecule has 20 nitrogen and oxygen atoms in total. The van der Waals surface area contributed by atoms with Crippen LogP contribution in [0.2, 0.25) is 0 Å². The molecule has 11 atom stereocenters. The number of rotatable bonds is 11. The van der Waals surface area contributed by atoms with Crippen LogP contribution < -0.4 is 16.7 Å². The fourth-order valence-electron chi connectivity index (χ4n) is 4.32. The van der Waals surface area contributed by atoms with Crippen LogP contribution >= 0.6 is 7.82 Å². The lowest BCUT2D eigenvalue weighted by Gasteiger charge is -2.46. The number of amides is 1. The monoisotopic (exact) mass is 615 g/mol. The molecule has 2 fully saturated rings. The average molecular weight is 615 g/mol. The van der Waals surface area contributed by atoms with Gasteiger partial charge in [0.1, 0.15) is 42.4 Å². The van der Waals surface area contributed by atoms with Crippen molar-refractivity contribution in [3.63, 3.8) is 0 Å². The third-order valence-electron chi connectivity index (χ3n) is 6.31. The molecule has 0 aromatic carbocycles. The van der Waals surface area contributed by atoms with Gasteiger partial charge in [0.2, 0.25) is 5.91 Å². The number of aliphatic hydroxyl groups is 6. The summed E-state index contributed by atoms with van der Waals surface area (Å²) in [5.74, 6) is -6.20. The zero-order valence-electron chi connectivity index (χ0n) is 21.2. The van der Waals surface area contributed by atoms with E-state index in [0.717, 1.165) is 17.7 Å². The summed E-state index contributed by atoms with van der Waals surface area (Å²) < 4.78 is 33.7. The van der Waals surface area contributed by atoms with Crippen molar-refractivity contribution in [2.75, 3.05) is 18.9 Å². The average Bonchev–Trinajstić information content (AvgIpc) is 3.16. The van der Waals surface area contributed by atoms with Crippen LogP contribution in [0.5, 0.6) is 0 Å². The van der Waals surface area contributed by atoms with Gasteiger partial charge in [-0.15, -0.1) is 0 Å². The van der Waals surface area contributed by atoms with Crippen LogP contribution in [0.3, 0.4) is 0 Å². The number of aliphatic carboxylic acids is 1. The summed E-state index contributed by atoms with van der Waals surface area (Å²) in [5, 5.41) is 72.7. The molecule has 3 heterocycles. The van der Waals surface area contributed by atoms with Gasteiger partial charge in [-0.2, -0.15) is 4.98 Å². The Kier molecular flexibility index (Phi) is 10.2. The number of ether oxygens (including phenoxy) is 2. The summed E-state index contributed by atoms with van der Waals surface area (Å²) in [5.41, 5.74) is 4.46. The quantitative estimate of drug-likeness (QED) is 0.0820. The van der Waals surface area contributed by atoms with Crippen molar-refractivity contribution in [2.24, 2.45) is 0 Å². The number of hydrogen-bond acceptors (Lipinski definition) is 16. The number of nitrogens with zero attached hydrogens (tertiary/aromatic N) is 2. The van der Waals surface area contributed by atoms with Crippen LogP contribution in [0.1, 0.15) is 19.6 Å². The fourth-order valence-corrected chi connectivity index (χ4v) is 5.27. The van der Waals surface area contributed by atoms with E-state index in [1.807, 2.05) is 0 Å². The van der Waals surface area contributed by atoms with Gasteiger partial charge < -0.3 is 61.2 Å². The third kappa shape index (κ3) is 7.25. The predicted molar refractivity (Wildman–Crippen MR) is 128 cm³/mol. The van der Waals surface area contributed by atoms with E-state index >= 15 is 0 Å². The number of anilines is 1. The molecule has 2 aliphatic heterocycles. The minimum atomic E-state index is -5.52. The maximum absolute atomic E-state index is 12.8. The highest BCUT2D eigenvalue weighted by molar-refractivity contribution is 7.47. The summed E-state index contributed by atoms with van der Waals surface area (Å²) in [6, 6.07) is -0.362. The highest BCUT2D eigenvalue weighted by Gasteiger charge is 2.59. The molecule has 3 rings (SSSR count). The molecule has 232 valence electrons. The summed E-state index contributed by atoms with van der Waals surface area (Å²) >= 11 is 0. The first-order chi connectivity index (χ1) is 19.0. The van der Waals surface area contributed by atoms with Crippen LogP contribution in [-0.4, -0.2) is 130 Å². The summed E-state index contributed by atoms with van der Waals surface area (Å²) in [6.45, 7) is -1.05. The van der Waals surface area contributed by atoms with Crippen LogP contribution in [0.25, 0.3) is 0 Å². The molecular weight excluding hydrogens is 584 g/mol. The van der Waals surface area contributed by atoms with Crippen molar-refractivity contribution in [2.45, 2.75) is 74.1 Å². The number of nitrogens with two attached hydrogens (primary N) is 1. The van der Waals surface area contributed by atoms with Crippen LogP contribution in [-0.2, 0) is 32.7 Å². The molecule has 0 bridgehead atoms. The summed E-state index contributed by atoms with van der Waals surface area (Å²) in [4.78, 5) is 49.6. The Balaban J connectivity index is 1.79. The van der Waals surface area contributed by atoms with E-state index in [4.69, 9.17) is 24.3 Å². The predicted octanol–water partition coefficient (Wildman–Crippen LogP) is -5.27. The number of nitrogens with one attached hydrogen (secondary N) is 1. The van der Waals surface area contributed by atoms with Gasteiger partial charge >= 0.3 is 19.5 Å². The second-order valence-electron chi connectivity index (χ2n) is 9.32. The van der Waals surface area contributed by atoms with Crippen molar-refractivity contribution < 1.29 is 73.3 Å². The molecule has 11 N–H and O–H groups in total. The van der Waals surface area contributed by atoms with Gasteiger partial charge in [-0.3, -0.25) is 13.9 Å². The molecule has 1 aromatic heterocycles. The molecule has 0 radical (unpaired) electrons. The Morgan fingerprint density at radius 3 is 2.54 bits per heavy atom. The molecule has 1 aromatic rings. The molecule has 41 heavy (non-hydrogen) atoms. The Labute approximate surface area is 230 Å². The number of carbonyl (C=O) groups excluding carboxylic acids is 1. The Morgan fingerprint density at radius 1 is 1.32 bits per heavy atom. The normalized spacial score (nSPS) is 34.9. The van der Waals surface area contributed by atoms with Crippen LogP contribution in [0.15, 0.2) is 17.1 Å². The largest absolute Gasteiger partial charge is 0.477 e. The molecule has 1 unspecified atom stereocenters. The lowest BCUT2D eigenvalue weighted by atomic mass is 9.95. The van der Waals surface area contributed by atoms with Crippen molar-refractivity contribution in [1.29, 1.82) is 0 Å². The van der Waals surface area contributed by atoms with Crippen LogP contribution in [0, 0.1) is 0 Å². The van der Waals surface area contributed by atoms with Gasteiger partial charge in [0.15, 0.2) is 6.23 Å². The van der Waals surface area contributed by atoms with Crippen molar-refractivity contribution in [3.8, 4) is 0 Å². The Bertz CT molecular complexity index is 1220. The Morgan fingerprint density at radius 2 is 1.98 bits per heavy atom. The number of phosphoric ester groups is 1. The Hall–Kier alpha value is -2.59. The number of carbonyl (C=O) groups is 2. The first-order valence-corrected chi connectivity index (χ1v) is 13.4. The maximum Gasteiger partial charge on any atom is 0.475 e. The first kappa shape index (κ1) is 32.9. The number of phosphoric acid groups is 1. The van der Waals surface area contributed by atoms with E-state index in [-0.39, 0.29) is 5.82 Å². The van der Waals surface area contributed by atoms with Gasteiger partial charge in [0.05, 0.1) is 25.4 Å². The molecule has 2 saturated heterocycles. The van der Waals surface area contributed by atoms with Gasteiger partial charge in [-0.25, -0.2) is 18.7 Å². The number of hydrogen-bond donors (Lipinski definition) is 10. The van der Waals surface area contributed by atoms with Crippen molar-refractivity contribution in [1.82, 2.24) is 14.9 Å². The SMILES string of the molecule is CC(=O)N[C@H]1[C@H]([C@H](O)[C@H](O)CO)O[C@](OP(=O)(O)OC[C@H]2O[C@@H](n3ccc(N)nc3=O)[C@H](O)[C@@H]2O)(C(=O)O)[13CH2][C@@H]1O. The molecule has 0 saturated carbocycles. The molecule has 0 aliphatic carbocycles. The third-order valence-corrected chi connectivity index (χ3v) is 7.32. The van der Waals surface area contributed by atoms with E-state index < -0.39 is 106 Å². The van der Waals surface area contributed by atoms with E-state index in [9.17, 15) is 59.6 Å². The van der Waals surface area contributed by atoms with Gasteiger partial charge in [-0.05, 0) is 6.07 Å². The molecule has 2 aliphatic rings. The minimum absolute atomic E-state index is 0.135. The van der Waals surface area contributed by atoms with E-state index in [0.29, 0.717) is 0 Å².